The molecule has 23 heavy (non-hydrogen) atoms. The van der Waals surface area contributed by atoms with Gasteiger partial charge in [0, 0.05) is 11.8 Å². The van der Waals surface area contributed by atoms with Crippen molar-refractivity contribution in [1.82, 2.24) is 0 Å². The molecular formula is C20H27FN2. The minimum atomic E-state index is -0.512. The first-order valence-corrected chi connectivity index (χ1v) is 7.75. The largest absolute Gasteiger partial charge is 0.290 e. The average Bonchev–Trinajstić information content (AvgIpc) is 2.47. The van der Waals surface area contributed by atoms with E-state index < -0.39 is 6.67 Å². The Labute approximate surface area is 140 Å². The van der Waals surface area contributed by atoms with Crippen LogP contribution < -0.4 is 0 Å². The quantitative estimate of drug-likeness (QED) is 0.234. The molecule has 0 aromatic carbocycles. The Kier molecular flexibility index (Phi) is 10.3. The Morgan fingerprint density at radius 2 is 1.96 bits per heavy atom. The van der Waals surface area contributed by atoms with Crippen LogP contribution in [0.1, 0.15) is 40.5 Å². The highest BCUT2D eigenvalue weighted by Gasteiger charge is 2.09. The van der Waals surface area contributed by atoms with Crippen LogP contribution in [0, 0.1) is 11.3 Å². The second kappa shape index (κ2) is 11.4. The van der Waals surface area contributed by atoms with Crippen LogP contribution in [0.4, 0.5) is 4.39 Å². The molecule has 0 saturated carbocycles. The van der Waals surface area contributed by atoms with Crippen molar-refractivity contribution in [3.8, 4) is 6.07 Å². The Morgan fingerprint density at radius 3 is 2.39 bits per heavy atom. The van der Waals surface area contributed by atoms with Crippen molar-refractivity contribution in [2.75, 3.05) is 13.2 Å². The van der Waals surface area contributed by atoms with Crippen molar-refractivity contribution in [3.05, 3.63) is 58.7 Å². The third kappa shape index (κ3) is 7.56. The number of aliphatic imine (C=N–C) groups is 1. The van der Waals surface area contributed by atoms with Crippen LogP contribution in [0.3, 0.4) is 0 Å². The zero-order valence-electron chi connectivity index (χ0n) is 14.7. The van der Waals surface area contributed by atoms with Crippen molar-refractivity contribution in [2.45, 2.75) is 40.5 Å². The molecule has 0 spiro atoms. The lowest BCUT2D eigenvalue weighted by atomic mass is 9.93. The summed E-state index contributed by atoms with van der Waals surface area (Å²) in [7, 11) is 0. The molecule has 0 unspecified atom stereocenters. The maximum atomic E-state index is 12.3. The van der Waals surface area contributed by atoms with Crippen LogP contribution in [0.5, 0.6) is 0 Å². The van der Waals surface area contributed by atoms with Gasteiger partial charge in [-0.2, -0.15) is 5.26 Å². The second-order valence-electron chi connectivity index (χ2n) is 5.51. The van der Waals surface area contributed by atoms with Crippen molar-refractivity contribution in [2.24, 2.45) is 4.99 Å². The van der Waals surface area contributed by atoms with E-state index in [-0.39, 0.29) is 6.54 Å². The molecule has 0 radical (unpaired) electrons. The van der Waals surface area contributed by atoms with E-state index in [0.717, 1.165) is 35.1 Å². The summed E-state index contributed by atoms with van der Waals surface area (Å²) in [6.07, 6.45) is 6.80. The van der Waals surface area contributed by atoms with Gasteiger partial charge in [0.05, 0.1) is 18.2 Å². The van der Waals surface area contributed by atoms with Crippen LogP contribution in [-0.4, -0.2) is 19.4 Å². The summed E-state index contributed by atoms with van der Waals surface area (Å²) in [5.74, 6) is 0. The SMILES string of the molecule is C=C/C(C#N)=C(C=NCCF)/C(CC)=C(C)/C=C(/C)CC(=C)C. The normalized spacial score (nSPS) is 14.2. The molecule has 2 nitrogen and oxygen atoms in total. The minimum absolute atomic E-state index is 0.0971. The van der Waals surface area contributed by atoms with E-state index in [2.05, 4.69) is 37.2 Å². The van der Waals surface area contributed by atoms with Gasteiger partial charge in [-0.1, -0.05) is 43.4 Å². The lowest BCUT2D eigenvalue weighted by Gasteiger charge is -2.12. The Hall–Kier alpha value is -2.21. The first kappa shape index (κ1) is 20.8. The fraction of sp³-hybridized carbons (Fsp3) is 0.400. The molecule has 0 bridgehead atoms. The topological polar surface area (TPSA) is 36.1 Å². The van der Waals surface area contributed by atoms with Crippen molar-refractivity contribution in [1.29, 1.82) is 5.26 Å². The van der Waals surface area contributed by atoms with Gasteiger partial charge in [0.15, 0.2) is 0 Å². The molecule has 0 amide bonds. The van der Waals surface area contributed by atoms with E-state index >= 15 is 0 Å². The Bertz CT molecular complexity index is 596. The first-order chi connectivity index (χ1) is 10.9. The highest BCUT2D eigenvalue weighted by molar-refractivity contribution is 5.88. The van der Waals surface area contributed by atoms with E-state index in [4.69, 9.17) is 0 Å². The van der Waals surface area contributed by atoms with Gasteiger partial charge in [0.2, 0.25) is 0 Å². The molecule has 0 aliphatic carbocycles. The smallest absolute Gasteiger partial charge is 0.109 e. The van der Waals surface area contributed by atoms with Crippen LogP contribution in [-0.2, 0) is 0 Å². The highest BCUT2D eigenvalue weighted by Crippen LogP contribution is 2.23. The first-order valence-electron chi connectivity index (χ1n) is 7.75. The minimum Gasteiger partial charge on any atom is -0.290 e. The molecule has 0 rings (SSSR count). The zero-order valence-corrected chi connectivity index (χ0v) is 14.7. The molecule has 0 aliphatic rings. The maximum absolute atomic E-state index is 12.3. The fourth-order valence-corrected chi connectivity index (χ4v) is 2.40. The molecule has 0 aromatic heterocycles. The van der Waals surface area contributed by atoms with E-state index in [9.17, 15) is 9.65 Å². The molecule has 0 aliphatic heterocycles. The van der Waals surface area contributed by atoms with Gasteiger partial charge in [-0.3, -0.25) is 4.99 Å². The predicted molar refractivity (Wildman–Crippen MR) is 98.3 cm³/mol. The summed E-state index contributed by atoms with van der Waals surface area (Å²) in [6, 6.07) is 2.14. The zero-order chi connectivity index (χ0) is 17.8. The van der Waals surface area contributed by atoms with Gasteiger partial charge >= 0.3 is 0 Å². The highest BCUT2D eigenvalue weighted by atomic mass is 19.1. The van der Waals surface area contributed by atoms with E-state index in [1.54, 1.807) is 6.21 Å². The van der Waals surface area contributed by atoms with Crippen LogP contribution in [0.25, 0.3) is 0 Å². The van der Waals surface area contributed by atoms with Crippen molar-refractivity contribution < 1.29 is 4.39 Å². The van der Waals surface area contributed by atoms with Gasteiger partial charge in [-0.15, -0.1) is 0 Å². The van der Waals surface area contributed by atoms with E-state index in [0.29, 0.717) is 5.57 Å². The number of allylic oxidation sites excluding steroid dienone is 8. The molecule has 0 atom stereocenters. The van der Waals surface area contributed by atoms with Crippen molar-refractivity contribution >= 4 is 6.21 Å². The molecule has 0 aromatic rings. The van der Waals surface area contributed by atoms with Gasteiger partial charge < -0.3 is 0 Å². The molecule has 0 N–H and O–H groups in total. The fourth-order valence-electron chi connectivity index (χ4n) is 2.40. The van der Waals surface area contributed by atoms with E-state index in [1.807, 2.05) is 20.8 Å². The summed E-state index contributed by atoms with van der Waals surface area (Å²) in [4.78, 5) is 4.06. The molecule has 0 heterocycles. The Balaban J connectivity index is 6.02. The third-order valence-electron chi connectivity index (χ3n) is 3.25. The van der Waals surface area contributed by atoms with Crippen LogP contribution >= 0.6 is 0 Å². The number of halogens is 1. The molecular weight excluding hydrogens is 287 g/mol. The summed E-state index contributed by atoms with van der Waals surface area (Å²) < 4.78 is 12.3. The Morgan fingerprint density at radius 1 is 1.30 bits per heavy atom. The molecule has 3 heteroatoms. The van der Waals surface area contributed by atoms with Gasteiger partial charge in [0.1, 0.15) is 6.67 Å². The van der Waals surface area contributed by atoms with Crippen molar-refractivity contribution in [3.63, 3.8) is 0 Å². The monoisotopic (exact) mass is 314 g/mol. The van der Waals surface area contributed by atoms with Gasteiger partial charge in [0.25, 0.3) is 0 Å². The van der Waals surface area contributed by atoms with Crippen LogP contribution in [0.15, 0.2) is 63.7 Å². The summed E-state index contributed by atoms with van der Waals surface area (Å²) >= 11 is 0. The summed E-state index contributed by atoms with van der Waals surface area (Å²) in [6.45, 7) is 15.3. The second-order valence-corrected chi connectivity index (χ2v) is 5.51. The molecule has 0 fully saturated rings. The number of nitriles is 1. The third-order valence-corrected chi connectivity index (χ3v) is 3.25. The van der Waals surface area contributed by atoms with Gasteiger partial charge in [-0.25, -0.2) is 4.39 Å². The van der Waals surface area contributed by atoms with Crippen LogP contribution in [0.2, 0.25) is 0 Å². The number of alkyl halides is 1. The predicted octanol–water partition coefficient (Wildman–Crippen LogP) is 5.67. The maximum Gasteiger partial charge on any atom is 0.109 e. The number of hydrogen-bond acceptors (Lipinski definition) is 2. The number of rotatable bonds is 9. The lowest BCUT2D eigenvalue weighted by Crippen LogP contribution is -1.99. The summed E-state index contributed by atoms with van der Waals surface area (Å²) in [5, 5.41) is 9.32. The van der Waals surface area contributed by atoms with E-state index in [1.165, 1.54) is 11.6 Å². The summed E-state index contributed by atoms with van der Waals surface area (Å²) in [5.41, 5.74) is 5.57. The average molecular weight is 314 g/mol. The number of hydrogen-bond donors (Lipinski definition) is 0. The van der Waals surface area contributed by atoms with Gasteiger partial charge in [-0.05, 0) is 44.8 Å². The molecule has 0 saturated heterocycles. The number of nitrogens with zero attached hydrogens (tertiary/aromatic N) is 2. The standard InChI is InChI=1S/C20H27FN2/c1-7-18(13-22)20(14-23-10-9-21)19(8-2)17(6)12-16(5)11-15(3)4/h7,12,14H,1,3,8-11H2,2,4-6H3/b16-12-,19-17+,20-18-,23-14?. The lowest BCUT2D eigenvalue weighted by molar-refractivity contribution is 0.505. The molecule has 124 valence electrons.